The highest BCUT2D eigenvalue weighted by molar-refractivity contribution is 5.95. The van der Waals surface area contributed by atoms with Crippen LogP contribution in [-0.4, -0.2) is 33.0 Å². The fourth-order valence-electron chi connectivity index (χ4n) is 2.48. The van der Waals surface area contributed by atoms with Gasteiger partial charge in [-0.2, -0.15) is 15.0 Å². The summed E-state index contributed by atoms with van der Waals surface area (Å²) in [7, 11) is 1.52. The van der Waals surface area contributed by atoms with Crippen LogP contribution in [0.5, 0.6) is 5.75 Å². The minimum absolute atomic E-state index is 0.0185. The van der Waals surface area contributed by atoms with Crippen molar-refractivity contribution in [2.45, 2.75) is 6.61 Å². The van der Waals surface area contributed by atoms with Gasteiger partial charge in [-0.1, -0.05) is 12.1 Å². The molecular formula is C18H17N7O5. The van der Waals surface area contributed by atoms with Crippen molar-refractivity contribution in [2.75, 3.05) is 23.9 Å². The van der Waals surface area contributed by atoms with Crippen molar-refractivity contribution < 1.29 is 19.2 Å². The van der Waals surface area contributed by atoms with E-state index in [9.17, 15) is 14.9 Å². The van der Waals surface area contributed by atoms with Gasteiger partial charge in [0.25, 0.3) is 5.69 Å². The largest absolute Gasteiger partial charge is 0.495 e. The topological polar surface area (TPSA) is 181 Å². The number of nitrogens with two attached hydrogens (primary N) is 2. The second kappa shape index (κ2) is 8.68. The Kier molecular flexibility index (Phi) is 5.86. The number of nitro groups is 1. The molecule has 5 N–H and O–H groups in total. The van der Waals surface area contributed by atoms with Crippen molar-refractivity contribution in [2.24, 2.45) is 0 Å². The number of nitrogen functional groups attached to an aromatic ring is 2. The van der Waals surface area contributed by atoms with Crippen molar-refractivity contribution in [3.63, 3.8) is 0 Å². The van der Waals surface area contributed by atoms with Crippen LogP contribution in [-0.2, 0) is 11.3 Å². The van der Waals surface area contributed by atoms with Gasteiger partial charge in [0.1, 0.15) is 5.75 Å². The molecule has 0 bridgehead atoms. The Bertz CT molecular complexity index is 1110. The summed E-state index contributed by atoms with van der Waals surface area (Å²) in [4.78, 5) is 34.5. The van der Waals surface area contributed by atoms with E-state index in [-0.39, 0.29) is 41.3 Å². The molecule has 0 atom stereocenters. The quantitative estimate of drug-likeness (QED) is 0.224. The Morgan fingerprint density at radius 1 is 1.17 bits per heavy atom. The van der Waals surface area contributed by atoms with E-state index < -0.39 is 10.9 Å². The van der Waals surface area contributed by atoms with Gasteiger partial charge in [0.05, 0.1) is 29.0 Å². The normalized spacial score (nSPS) is 10.3. The summed E-state index contributed by atoms with van der Waals surface area (Å²) >= 11 is 0. The molecule has 0 unspecified atom stereocenters. The van der Waals surface area contributed by atoms with Crippen LogP contribution in [0.2, 0.25) is 0 Å². The molecule has 1 aromatic heterocycles. The number of ether oxygens (including phenoxy) is 2. The van der Waals surface area contributed by atoms with Gasteiger partial charge in [0.15, 0.2) is 12.4 Å². The number of nitrogens with one attached hydrogen (secondary N) is 1. The average molecular weight is 411 g/mol. The summed E-state index contributed by atoms with van der Waals surface area (Å²) in [6, 6.07) is 10.6. The van der Waals surface area contributed by atoms with Crippen molar-refractivity contribution in [1.29, 1.82) is 0 Å². The molecule has 2 aromatic carbocycles. The lowest BCUT2D eigenvalue weighted by Gasteiger charge is -2.11. The second-order valence-electron chi connectivity index (χ2n) is 5.86. The van der Waals surface area contributed by atoms with Crippen LogP contribution < -0.4 is 21.5 Å². The first kappa shape index (κ1) is 20.3. The number of nitro benzene ring substituents is 1. The lowest BCUT2D eigenvalue weighted by Crippen LogP contribution is -2.12. The van der Waals surface area contributed by atoms with E-state index in [2.05, 4.69) is 20.3 Å². The average Bonchev–Trinajstić information content (AvgIpc) is 2.72. The van der Waals surface area contributed by atoms with Gasteiger partial charge in [-0.3, -0.25) is 10.1 Å². The second-order valence-corrected chi connectivity index (χ2v) is 5.86. The number of anilines is 4. The summed E-state index contributed by atoms with van der Waals surface area (Å²) in [5.74, 6) is -0.0800. The number of hydrogen-bond donors (Lipinski definition) is 3. The number of carbonyl (C=O) groups is 1. The first-order valence-electron chi connectivity index (χ1n) is 8.49. The minimum atomic E-state index is -0.791. The van der Waals surface area contributed by atoms with Gasteiger partial charge in [0.2, 0.25) is 11.9 Å². The summed E-state index contributed by atoms with van der Waals surface area (Å²) in [6.07, 6.45) is 0. The Morgan fingerprint density at radius 2 is 1.93 bits per heavy atom. The van der Waals surface area contributed by atoms with E-state index in [4.69, 9.17) is 20.9 Å². The number of rotatable bonds is 7. The molecule has 12 heteroatoms. The highest BCUT2D eigenvalue weighted by atomic mass is 16.6. The first-order valence-corrected chi connectivity index (χ1v) is 8.49. The highest BCUT2D eigenvalue weighted by Gasteiger charge is 2.16. The first-order chi connectivity index (χ1) is 14.4. The molecule has 0 saturated heterocycles. The maximum Gasteiger partial charge on any atom is 0.340 e. The third-order valence-corrected chi connectivity index (χ3v) is 3.85. The van der Waals surface area contributed by atoms with Crippen LogP contribution in [0, 0.1) is 10.1 Å². The maximum absolute atomic E-state index is 12.3. The smallest absolute Gasteiger partial charge is 0.340 e. The summed E-state index contributed by atoms with van der Waals surface area (Å²) in [6.45, 7) is -0.317. The molecule has 0 radical (unpaired) electrons. The Morgan fingerprint density at radius 3 is 2.63 bits per heavy atom. The third kappa shape index (κ3) is 4.67. The van der Waals surface area contributed by atoms with Crippen LogP contribution >= 0.6 is 0 Å². The van der Waals surface area contributed by atoms with Crippen LogP contribution in [0.4, 0.5) is 29.0 Å². The number of methoxy groups -OCH3 is 1. The molecular weight excluding hydrogens is 394 g/mol. The molecule has 0 fully saturated rings. The van der Waals surface area contributed by atoms with Gasteiger partial charge in [-0.05, 0) is 18.2 Å². The Hall–Kier alpha value is -4.48. The molecule has 12 nitrogen and oxygen atoms in total. The van der Waals surface area contributed by atoms with E-state index in [0.717, 1.165) is 12.1 Å². The van der Waals surface area contributed by atoms with Gasteiger partial charge >= 0.3 is 5.97 Å². The molecule has 30 heavy (non-hydrogen) atoms. The number of esters is 1. The van der Waals surface area contributed by atoms with E-state index in [1.807, 2.05) is 0 Å². The lowest BCUT2D eigenvalue weighted by atomic mass is 10.1. The van der Waals surface area contributed by atoms with Gasteiger partial charge in [-0.25, -0.2) is 4.79 Å². The van der Waals surface area contributed by atoms with Crippen LogP contribution in [0.3, 0.4) is 0 Å². The van der Waals surface area contributed by atoms with Gasteiger partial charge < -0.3 is 26.3 Å². The van der Waals surface area contributed by atoms with Gasteiger partial charge in [0, 0.05) is 12.1 Å². The zero-order valence-corrected chi connectivity index (χ0v) is 15.7. The van der Waals surface area contributed by atoms with Crippen molar-refractivity contribution in [1.82, 2.24) is 15.0 Å². The number of para-hydroxylation sites is 2. The Labute approximate surface area is 170 Å². The number of nitrogens with zero attached hydrogens (tertiary/aromatic N) is 4. The predicted molar refractivity (Wildman–Crippen MR) is 107 cm³/mol. The van der Waals surface area contributed by atoms with Crippen LogP contribution in [0.15, 0.2) is 42.5 Å². The molecule has 0 aliphatic heterocycles. The molecule has 0 amide bonds. The zero-order valence-electron chi connectivity index (χ0n) is 15.7. The lowest BCUT2D eigenvalue weighted by molar-refractivity contribution is -0.384. The molecule has 3 aromatic rings. The minimum Gasteiger partial charge on any atom is -0.495 e. The van der Waals surface area contributed by atoms with E-state index in [0.29, 0.717) is 11.4 Å². The van der Waals surface area contributed by atoms with Crippen LogP contribution in [0.25, 0.3) is 0 Å². The number of non-ortho nitro benzene ring substituents is 1. The molecule has 0 aliphatic carbocycles. The van der Waals surface area contributed by atoms with Gasteiger partial charge in [-0.15, -0.1) is 0 Å². The number of benzene rings is 2. The SMILES string of the molecule is COc1ccccc1Nc1nc(N)nc(COC(=O)c2ccc([N+](=O)[O-])cc2N)n1. The van der Waals surface area contributed by atoms with Crippen molar-refractivity contribution in [3.05, 3.63) is 64.0 Å². The number of aromatic nitrogens is 3. The molecule has 1 heterocycles. The predicted octanol–water partition coefficient (Wildman–Crippen LogP) is 2.05. The van der Waals surface area contributed by atoms with Crippen molar-refractivity contribution >= 4 is 34.9 Å². The van der Waals surface area contributed by atoms with Crippen molar-refractivity contribution in [3.8, 4) is 5.75 Å². The fraction of sp³-hybridized carbons (Fsp3) is 0.111. The molecule has 0 spiro atoms. The summed E-state index contributed by atoms with van der Waals surface area (Å²) < 4.78 is 10.4. The Balaban J connectivity index is 1.73. The molecule has 0 saturated carbocycles. The molecule has 0 aliphatic rings. The maximum atomic E-state index is 12.3. The monoisotopic (exact) mass is 411 g/mol. The van der Waals surface area contributed by atoms with Crippen LogP contribution in [0.1, 0.15) is 16.2 Å². The van der Waals surface area contributed by atoms with E-state index in [1.54, 1.807) is 24.3 Å². The number of hydrogen-bond acceptors (Lipinski definition) is 11. The highest BCUT2D eigenvalue weighted by Crippen LogP contribution is 2.26. The third-order valence-electron chi connectivity index (χ3n) is 3.85. The summed E-state index contributed by atoms with van der Waals surface area (Å²) in [5, 5.41) is 13.7. The zero-order chi connectivity index (χ0) is 21.7. The number of carbonyl (C=O) groups excluding carboxylic acids is 1. The fourth-order valence-corrected chi connectivity index (χ4v) is 2.48. The molecule has 3 rings (SSSR count). The summed E-state index contributed by atoms with van der Waals surface area (Å²) in [5.41, 5.74) is 11.7. The van der Waals surface area contributed by atoms with E-state index >= 15 is 0 Å². The standard InChI is InChI=1S/C18H17N7O5/c1-29-14-5-3-2-4-13(14)21-18-23-15(22-17(20)24-18)9-30-16(26)11-7-6-10(25(27)28)8-12(11)19/h2-8H,9,19H2,1H3,(H3,20,21,22,23,24). The molecule has 154 valence electrons. The van der Waals surface area contributed by atoms with E-state index in [1.165, 1.54) is 13.2 Å².